The van der Waals surface area contributed by atoms with Crippen molar-refractivity contribution in [2.75, 3.05) is 9.80 Å². The van der Waals surface area contributed by atoms with Gasteiger partial charge in [0.15, 0.2) is 0 Å². The minimum Gasteiger partial charge on any atom is -0.311 e. The second-order valence-corrected chi connectivity index (χ2v) is 14.1. The third kappa shape index (κ3) is 5.95. The predicted molar refractivity (Wildman–Crippen MR) is 239 cm³/mol. The lowest BCUT2D eigenvalue weighted by molar-refractivity contribution is 1.28. The number of anilines is 6. The SMILES string of the molecule is c1ccc(N(c2ccccc2)c2ccc(-c3c4ccccc4c(-c4ccc(N(c5ccccc5)c5cccc6ccccc56)cc4)c4ccccc34)cc2)cc1. The fourth-order valence-electron chi connectivity index (χ4n) is 8.31. The number of hydrogen-bond donors (Lipinski definition) is 0. The molecule has 264 valence electrons. The van der Waals surface area contributed by atoms with Crippen LogP contribution in [0.15, 0.2) is 231 Å². The Kier molecular flexibility index (Phi) is 8.55. The van der Waals surface area contributed by atoms with E-state index in [0.717, 1.165) is 34.1 Å². The summed E-state index contributed by atoms with van der Waals surface area (Å²) in [4.78, 5) is 4.68. The molecular formula is C54H38N2. The van der Waals surface area contributed by atoms with E-state index in [9.17, 15) is 0 Å². The summed E-state index contributed by atoms with van der Waals surface area (Å²) in [6.45, 7) is 0. The topological polar surface area (TPSA) is 6.48 Å². The van der Waals surface area contributed by atoms with Gasteiger partial charge in [0.05, 0.1) is 5.69 Å². The molecule has 0 aliphatic carbocycles. The van der Waals surface area contributed by atoms with Crippen molar-refractivity contribution in [3.05, 3.63) is 231 Å². The minimum absolute atomic E-state index is 1.11. The van der Waals surface area contributed by atoms with Crippen LogP contribution in [-0.4, -0.2) is 0 Å². The number of para-hydroxylation sites is 3. The largest absolute Gasteiger partial charge is 0.311 e. The van der Waals surface area contributed by atoms with Crippen LogP contribution in [0.3, 0.4) is 0 Å². The number of fused-ring (bicyclic) bond motifs is 3. The Hall–Kier alpha value is -7.42. The van der Waals surface area contributed by atoms with Crippen LogP contribution in [-0.2, 0) is 0 Å². The fraction of sp³-hybridized carbons (Fsp3) is 0. The number of nitrogens with zero attached hydrogens (tertiary/aromatic N) is 2. The Morgan fingerprint density at radius 1 is 0.214 bits per heavy atom. The first kappa shape index (κ1) is 33.2. The summed E-state index contributed by atoms with van der Waals surface area (Å²) in [6, 6.07) is 83.0. The van der Waals surface area contributed by atoms with Gasteiger partial charge in [0.1, 0.15) is 0 Å². The number of benzene rings is 10. The van der Waals surface area contributed by atoms with Gasteiger partial charge >= 0.3 is 0 Å². The summed E-state index contributed by atoms with van der Waals surface area (Å²) >= 11 is 0. The van der Waals surface area contributed by atoms with Crippen molar-refractivity contribution in [2.45, 2.75) is 0 Å². The predicted octanol–water partition coefficient (Wildman–Crippen LogP) is 15.4. The Morgan fingerprint density at radius 2 is 0.536 bits per heavy atom. The van der Waals surface area contributed by atoms with Crippen LogP contribution in [0.25, 0.3) is 54.6 Å². The molecule has 0 unspecified atom stereocenters. The zero-order valence-corrected chi connectivity index (χ0v) is 30.8. The van der Waals surface area contributed by atoms with Gasteiger partial charge in [0.25, 0.3) is 0 Å². The summed E-state index contributed by atoms with van der Waals surface area (Å²) in [5, 5.41) is 7.39. The van der Waals surface area contributed by atoms with E-state index >= 15 is 0 Å². The highest BCUT2D eigenvalue weighted by Crippen LogP contribution is 2.46. The molecule has 56 heavy (non-hydrogen) atoms. The molecule has 0 radical (unpaired) electrons. The maximum atomic E-state index is 2.37. The van der Waals surface area contributed by atoms with Crippen LogP contribution in [0.5, 0.6) is 0 Å². The normalized spacial score (nSPS) is 11.2. The first-order valence-corrected chi connectivity index (χ1v) is 19.2. The molecule has 0 saturated carbocycles. The van der Waals surface area contributed by atoms with Gasteiger partial charge < -0.3 is 9.80 Å². The van der Waals surface area contributed by atoms with Crippen LogP contribution in [0.4, 0.5) is 34.1 Å². The van der Waals surface area contributed by atoms with Gasteiger partial charge in [-0.1, -0.05) is 164 Å². The van der Waals surface area contributed by atoms with Gasteiger partial charge in [-0.15, -0.1) is 0 Å². The van der Waals surface area contributed by atoms with Gasteiger partial charge in [-0.05, 0) is 116 Å². The molecule has 0 aliphatic rings. The maximum absolute atomic E-state index is 2.37. The third-order valence-electron chi connectivity index (χ3n) is 10.8. The molecule has 0 saturated heterocycles. The van der Waals surface area contributed by atoms with Gasteiger partial charge in [-0.2, -0.15) is 0 Å². The van der Waals surface area contributed by atoms with Crippen molar-refractivity contribution in [3.63, 3.8) is 0 Å². The van der Waals surface area contributed by atoms with Gasteiger partial charge in [0.2, 0.25) is 0 Å². The molecule has 0 heterocycles. The van der Waals surface area contributed by atoms with Crippen molar-refractivity contribution < 1.29 is 0 Å². The summed E-state index contributed by atoms with van der Waals surface area (Å²) in [6.07, 6.45) is 0. The third-order valence-corrected chi connectivity index (χ3v) is 10.8. The number of rotatable bonds is 8. The van der Waals surface area contributed by atoms with Crippen molar-refractivity contribution in [1.29, 1.82) is 0 Å². The molecule has 0 amide bonds. The Balaban J connectivity index is 1.10. The molecule has 10 aromatic carbocycles. The van der Waals surface area contributed by atoms with Crippen molar-refractivity contribution in [3.8, 4) is 22.3 Å². The van der Waals surface area contributed by atoms with E-state index in [2.05, 4.69) is 240 Å². The quantitative estimate of drug-likeness (QED) is 0.145. The molecule has 0 aromatic heterocycles. The highest BCUT2D eigenvalue weighted by Gasteiger charge is 2.19. The van der Waals surface area contributed by atoms with Gasteiger partial charge in [0, 0.05) is 33.8 Å². The maximum Gasteiger partial charge on any atom is 0.0540 e. The fourth-order valence-corrected chi connectivity index (χ4v) is 8.31. The van der Waals surface area contributed by atoms with E-state index in [1.54, 1.807) is 0 Å². The molecule has 0 fully saturated rings. The van der Waals surface area contributed by atoms with E-state index < -0.39 is 0 Å². The second kappa shape index (κ2) is 14.4. The van der Waals surface area contributed by atoms with Gasteiger partial charge in [-0.3, -0.25) is 0 Å². The van der Waals surface area contributed by atoms with Gasteiger partial charge in [-0.25, -0.2) is 0 Å². The van der Waals surface area contributed by atoms with E-state index in [1.807, 2.05) is 0 Å². The molecule has 2 heteroatoms. The number of hydrogen-bond acceptors (Lipinski definition) is 2. The van der Waals surface area contributed by atoms with Crippen molar-refractivity contribution in [2.24, 2.45) is 0 Å². The zero-order valence-electron chi connectivity index (χ0n) is 30.8. The lowest BCUT2D eigenvalue weighted by atomic mass is 9.86. The Bertz CT molecular complexity index is 2840. The summed E-state index contributed by atoms with van der Waals surface area (Å²) in [5.41, 5.74) is 11.6. The van der Waals surface area contributed by atoms with Crippen LogP contribution in [0.2, 0.25) is 0 Å². The second-order valence-electron chi connectivity index (χ2n) is 14.1. The van der Waals surface area contributed by atoms with E-state index in [0.29, 0.717) is 0 Å². The Morgan fingerprint density at radius 3 is 0.982 bits per heavy atom. The molecule has 0 atom stereocenters. The minimum atomic E-state index is 1.11. The average Bonchev–Trinajstić information content (AvgIpc) is 3.27. The van der Waals surface area contributed by atoms with Crippen molar-refractivity contribution in [1.82, 2.24) is 0 Å². The highest BCUT2D eigenvalue weighted by molar-refractivity contribution is 6.21. The van der Waals surface area contributed by atoms with Crippen LogP contribution in [0, 0.1) is 0 Å². The highest BCUT2D eigenvalue weighted by atomic mass is 15.1. The monoisotopic (exact) mass is 714 g/mol. The molecule has 2 nitrogen and oxygen atoms in total. The lowest BCUT2D eigenvalue weighted by Gasteiger charge is -2.27. The van der Waals surface area contributed by atoms with Crippen molar-refractivity contribution >= 4 is 66.4 Å². The zero-order chi connectivity index (χ0) is 37.3. The van der Waals surface area contributed by atoms with Crippen LogP contribution in [0.1, 0.15) is 0 Å². The average molecular weight is 715 g/mol. The smallest absolute Gasteiger partial charge is 0.0540 e. The first-order valence-electron chi connectivity index (χ1n) is 19.2. The Labute approximate surface area is 327 Å². The summed E-state index contributed by atoms with van der Waals surface area (Å²) in [7, 11) is 0. The molecule has 0 N–H and O–H groups in total. The molecular weight excluding hydrogens is 677 g/mol. The van der Waals surface area contributed by atoms with Crippen LogP contribution < -0.4 is 9.80 Å². The molecule has 0 bridgehead atoms. The first-order chi connectivity index (χ1) is 27.8. The van der Waals surface area contributed by atoms with Crippen LogP contribution >= 0.6 is 0 Å². The molecule has 10 rings (SSSR count). The van der Waals surface area contributed by atoms with E-state index in [1.165, 1.54) is 54.6 Å². The lowest BCUT2D eigenvalue weighted by Crippen LogP contribution is -2.10. The molecule has 0 aliphatic heterocycles. The van der Waals surface area contributed by atoms with E-state index in [4.69, 9.17) is 0 Å². The standard InChI is InChI=1S/C54H38N2/c1-4-19-42(20-5-1)55(43-21-6-2-7-22-43)45-35-31-40(32-36-45)53-48-26-12-14-28-50(48)54(51-29-15-13-27-49(51)53)41-33-37-46(38-34-41)56(44-23-8-3-9-24-44)52-30-16-18-39-17-10-11-25-47(39)52/h1-38H. The summed E-state index contributed by atoms with van der Waals surface area (Å²) < 4.78 is 0. The molecule has 10 aromatic rings. The summed E-state index contributed by atoms with van der Waals surface area (Å²) in [5.74, 6) is 0. The van der Waals surface area contributed by atoms with E-state index in [-0.39, 0.29) is 0 Å². The molecule has 0 spiro atoms.